The number of likely N-dealkylation sites (N-methyl/N-ethyl adjacent to an activating group) is 1. The summed E-state index contributed by atoms with van der Waals surface area (Å²) in [5, 5.41) is 9.10. The third-order valence-corrected chi connectivity index (χ3v) is 6.30. The predicted molar refractivity (Wildman–Crippen MR) is 121 cm³/mol. The van der Waals surface area contributed by atoms with E-state index in [2.05, 4.69) is 29.9 Å². The summed E-state index contributed by atoms with van der Waals surface area (Å²) in [5.41, 5.74) is 1.72. The number of aromatic nitrogens is 3. The fourth-order valence-electron chi connectivity index (χ4n) is 4.33. The number of alkyl halides is 3. The Balaban J connectivity index is 1.69. The van der Waals surface area contributed by atoms with Gasteiger partial charge in [-0.25, -0.2) is 4.98 Å². The van der Waals surface area contributed by atoms with Crippen molar-refractivity contribution in [2.75, 3.05) is 11.9 Å². The number of benzene rings is 1. The Bertz CT molecular complexity index is 1220. The summed E-state index contributed by atoms with van der Waals surface area (Å²) in [6.45, 7) is 4.23. The molecule has 3 aromatic rings. The lowest BCUT2D eigenvalue weighted by Gasteiger charge is -2.43. The molecule has 5 nitrogen and oxygen atoms in total. The topological polar surface area (TPSA) is 57.7 Å². The van der Waals surface area contributed by atoms with Gasteiger partial charge < -0.3 is 9.47 Å². The van der Waals surface area contributed by atoms with E-state index in [1.165, 1.54) is 6.07 Å². The van der Waals surface area contributed by atoms with Crippen LogP contribution < -0.4 is 4.90 Å². The maximum Gasteiger partial charge on any atom is 0.417 e. The number of pyridine rings is 1. The Hall–Kier alpha value is -3.60. The first kappa shape index (κ1) is 22.6. The van der Waals surface area contributed by atoms with Crippen LogP contribution in [0.1, 0.15) is 37.8 Å². The highest BCUT2D eigenvalue weighted by Crippen LogP contribution is 2.41. The summed E-state index contributed by atoms with van der Waals surface area (Å²) in [7, 11) is 1.79. The molecule has 1 unspecified atom stereocenters. The van der Waals surface area contributed by atoms with Gasteiger partial charge in [-0.05, 0) is 54.7 Å². The zero-order chi connectivity index (χ0) is 23.8. The molecule has 8 heteroatoms. The van der Waals surface area contributed by atoms with Gasteiger partial charge in [-0.2, -0.15) is 18.4 Å². The van der Waals surface area contributed by atoms with Crippen LogP contribution in [0.3, 0.4) is 0 Å². The summed E-state index contributed by atoms with van der Waals surface area (Å²) in [6, 6.07) is 9.17. The molecule has 170 valence electrons. The van der Waals surface area contributed by atoms with Crippen LogP contribution >= 0.6 is 0 Å². The summed E-state index contributed by atoms with van der Waals surface area (Å²) in [6.07, 6.45) is 6.35. The number of halogens is 3. The highest BCUT2D eigenvalue weighted by atomic mass is 19.4. The van der Waals surface area contributed by atoms with Gasteiger partial charge >= 0.3 is 6.18 Å². The van der Waals surface area contributed by atoms with Crippen LogP contribution in [-0.4, -0.2) is 27.6 Å². The van der Waals surface area contributed by atoms with E-state index in [0.717, 1.165) is 35.9 Å². The molecule has 1 aliphatic rings. The zero-order valence-electron chi connectivity index (χ0n) is 18.6. The van der Waals surface area contributed by atoms with Gasteiger partial charge in [0.2, 0.25) is 0 Å². The molecule has 0 saturated carbocycles. The third kappa shape index (κ3) is 4.49. The molecule has 0 aliphatic heterocycles. The van der Waals surface area contributed by atoms with Crippen LogP contribution in [0.2, 0.25) is 0 Å². The van der Waals surface area contributed by atoms with E-state index < -0.39 is 11.7 Å². The zero-order valence-corrected chi connectivity index (χ0v) is 18.6. The molecule has 2 aromatic heterocycles. The van der Waals surface area contributed by atoms with Gasteiger partial charge in [-0.1, -0.05) is 13.8 Å². The van der Waals surface area contributed by atoms with Crippen molar-refractivity contribution in [2.45, 2.75) is 38.9 Å². The highest BCUT2D eigenvalue weighted by Gasteiger charge is 2.37. The van der Waals surface area contributed by atoms with Crippen molar-refractivity contribution in [1.29, 1.82) is 5.26 Å². The lowest BCUT2D eigenvalue weighted by atomic mass is 9.75. The van der Waals surface area contributed by atoms with Gasteiger partial charge in [-0.3, -0.25) is 4.98 Å². The largest absolute Gasteiger partial charge is 0.417 e. The Morgan fingerprint density at radius 2 is 2.03 bits per heavy atom. The van der Waals surface area contributed by atoms with Gasteiger partial charge in [0, 0.05) is 42.6 Å². The fourth-order valence-corrected chi connectivity index (χ4v) is 4.33. The Morgan fingerprint density at radius 3 is 2.70 bits per heavy atom. The molecule has 33 heavy (non-hydrogen) atoms. The smallest absolute Gasteiger partial charge is 0.368 e. The summed E-state index contributed by atoms with van der Waals surface area (Å²) in [5.74, 6) is 0. The van der Waals surface area contributed by atoms with Crippen molar-refractivity contribution < 1.29 is 13.2 Å². The van der Waals surface area contributed by atoms with Crippen LogP contribution in [-0.2, 0) is 6.18 Å². The summed E-state index contributed by atoms with van der Waals surface area (Å²) >= 11 is 0. The maximum atomic E-state index is 13.5. The maximum absolute atomic E-state index is 13.5. The number of anilines is 1. The van der Waals surface area contributed by atoms with E-state index in [4.69, 9.17) is 5.26 Å². The van der Waals surface area contributed by atoms with Gasteiger partial charge in [0.25, 0.3) is 0 Å². The molecule has 1 atom stereocenters. The third-order valence-electron chi connectivity index (χ3n) is 6.30. The first-order valence-electron chi connectivity index (χ1n) is 10.6. The Labute approximate surface area is 190 Å². The molecule has 2 heterocycles. The predicted octanol–water partition coefficient (Wildman–Crippen LogP) is 6.00. The van der Waals surface area contributed by atoms with Crippen molar-refractivity contribution in [1.82, 2.24) is 14.5 Å². The number of rotatable bonds is 4. The van der Waals surface area contributed by atoms with Gasteiger partial charge in [0.1, 0.15) is 0 Å². The summed E-state index contributed by atoms with van der Waals surface area (Å²) in [4.78, 5) is 10.5. The van der Waals surface area contributed by atoms with Gasteiger partial charge in [0.15, 0.2) is 0 Å². The minimum atomic E-state index is -4.59. The minimum absolute atomic E-state index is 0.153. The Kier molecular flexibility index (Phi) is 5.75. The normalized spacial score (nSPS) is 17.8. The molecule has 0 spiro atoms. The second-order valence-electron chi connectivity index (χ2n) is 8.95. The average Bonchev–Trinajstić information content (AvgIpc) is 3.28. The first-order chi connectivity index (χ1) is 15.6. The van der Waals surface area contributed by atoms with E-state index in [-0.39, 0.29) is 17.0 Å². The molecule has 0 radical (unpaired) electrons. The molecule has 0 N–H and O–H groups in total. The van der Waals surface area contributed by atoms with E-state index in [1.807, 2.05) is 27.8 Å². The van der Waals surface area contributed by atoms with Gasteiger partial charge in [-0.15, -0.1) is 0 Å². The standard InChI is InChI=1S/C25H24F3N5/c1-24(2)9-8-20(33-15-22(31-16-33)18-5-4-10-30-14-18)12-23(24)32(3)19-7-6-17(13-29)21(11-19)25(26,27)28/h4-7,10-12,14-16,23H,8-9H2,1-3H3. The van der Waals surface area contributed by atoms with Crippen LogP contribution in [0.5, 0.6) is 0 Å². The molecule has 0 fully saturated rings. The Morgan fingerprint density at radius 1 is 1.24 bits per heavy atom. The minimum Gasteiger partial charge on any atom is -0.368 e. The van der Waals surface area contributed by atoms with Crippen LogP contribution in [0.4, 0.5) is 18.9 Å². The molecule has 0 bridgehead atoms. The van der Waals surface area contributed by atoms with Crippen molar-refractivity contribution in [3.8, 4) is 17.3 Å². The van der Waals surface area contributed by atoms with Crippen LogP contribution in [0.15, 0.2) is 61.3 Å². The molecule has 0 saturated heterocycles. The van der Waals surface area contributed by atoms with E-state index in [0.29, 0.717) is 5.69 Å². The molecule has 4 rings (SSSR count). The molecular formula is C25H24F3N5. The number of nitriles is 1. The van der Waals surface area contributed by atoms with Crippen LogP contribution in [0.25, 0.3) is 17.0 Å². The number of hydrogen-bond acceptors (Lipinski definition) is 4. The average molecular weight is 451 g/mol. The molecule has 1 aliphatic carbocycles. The monoisotopic (exact) mass is 451 g/mol. The molecular weight excluding hydrogens is 427 g/mol. The van der Waals surface area contributed by atoms with E-state index in [9.17, 15) is 13.2 Å². The second-order valence-corrected chi connectivity index (χ2v) is 8.95. The number of hydrogen-bond donors (Lipinski definition) is 0. The van der Waals surface area contributed by atoms with Crippen molar-refractivity contribution in [3.63, 3.8) is 0 Å². The lowest BCUT2D eigenvalue weighted by Crippen LogP contribution is -2.44. The van der Waals surface area contributed by atoms with E-state index in [1.54, 1.807) is 37.9 Å². The van der Waals surface area contributed by atoms with E-state index >= 15 is 0 Å². The van der Waals surface area contributed by atoms with Crippen molar-refractivity contribution in [2.24, 2.45) is 5.41 Å². The first-order valence-corrected chi connectivity index (χ1v) is 10.6. The number of nitrogens with zero attached hydrogens (tertiary/aromatic N) is 5. The van der Waals surface area contributed by atoms with Crippen molar-refractivity contribution in [3.05, 3.63) is 72.5 Å². The lowest BCUT2D eigenvalue weighted by molar-refractivity contribution is -0.137. The van der Waals surface area contributed by atoms with Crippen LogP contribution in [0, 0.1) is 16.7 Å². The second kappa shape index (κ2) is 8.39. The molecule has 0 amide bonds. The van der Waals surface area contributed by atoms with Crippen molar-refractivity contribution >= 4 is 11.4 Å². The fraction of sp³-hybridized carbons (Fsp3) is 0.320. The number of imidazole rings is 1. The SMILES string of the molecule is CN(c1ccc(C#N)c(C(F)(F)F)c1)C1C=C(n2cnc(-c3cccnc3)c2)CCC1(C)C. The highest BCUT2D eigenvalue weighted by molar-refractivity contribution is 5.61. The number of allylic oxidation sites excluding steroid dienone is 1. The summed E-state index contributed by atoms with van der Waals surface area (Å²) < 4.78 is 42.5. The van der Waals surface area contributed by atoms with Gasteiger partial charge in [0.05, 0.1) is 35.3 Å². The quantitative estimate of drug-likeness (QED) is 0.488. The molecule has 1 aromatic carbocycles.